The van der Waals surface area contributed by atoms with Crippen LogP contribution in [-0.2, 0) is 0 Å². The van der Waals surface area contributed by atoms with Crippen molar-refractivity contribution >= 4 is 0 Å². The van der Waals surface area contributed by atoms with Crippen LogP contribution in [0.15, 0.2) is 0 Å². The molecule has 0 aromatic carbocycles. The topological polar surface area (TPSA) is 12.0 Å². The Morgan fingerprint density at radius 3 is 2.50 bits per heavy atom. The molecule has 82 valence electrons. The number of hydrogen-bond donors (Lipinski definition) is 1. The molecule has 3 atom stereocenters. The second kappa shape index (κ2) is 4.65. The summed E-state index contributed by atoms with van der Waals surface area (Å²) < 4.78 is 0. The minimum absolute atomic E-state index is 0.834. The third kappa shape index (κ3) is 1.98. The third-order valence-electron chi connectivity index (χ3n) is 4.53. The highest BCUT2D eigenvalue weighted by atomic mass is 14.9. The maximum atomic E-state index is 3.71. The van der Waals surface area contributed by atoms with Gasteiger partial charge >= 0.3 is 0 Å². The normalized spacial score (nSPS) is 38.6. The molecule has 0 heterocycles. The largest absolute Gasteiger partial charge is 0.314 e. The van der Waals surface area contributed by atoms with E-state index < -0.39 is 0 Å². The van der Waals surface area contributed by atoms with Gasteiger partial charge in [-0.15, -0.1) is 0 Å². The van der Waals surface area contributed by atoms with Gasteiger partial charge in [-0.25, -0.2) is 0 Å². The fourth-order valence-corrected chi connectivity index (χ4v) is 3.35. The number of rotatable bonds is 4. The van der Waals surface area contributed by atoms with E-state index in [1.807, 2.05) is 0 Å². The average molecular weight is 195 g/mol. The summed E-state index contributed by atoms with van der Waals surface area (Å²) in [5, 5.41) is 3.71. The lowest BCUT2D eigenvalue weighted by Crippen LogP contribution is -2.35. The molecule has 1 heteroatoms. The molecule has 1 N–H and O–H groups in total. The van der Waals surface area contributed by atoms with Gasteiger partial charge in [0.05, 0.1) is 0 Å². The quantitative estimate of drug-likeness (QED) is 0.726. The van der Waals surface area contributed by atoms with E-state index in [4.69, 9.17) is 0 Å². The van der Waals surface area contributed by atoms with Crippen molar-refractivity contribution in [2.75, 3.05) is 6.54 Å². The second-order valence-electron chi connectivity index (χ2n) is 5.35. The summed E-state index contributed by atoms with van der Waals surface area (Å²) in [4.78, 5) is 0. The van der Waals surface area contributed by atoms with Crippen LogP contribution in [0.1, 0.15) is 52.4 Å². The Morgan fingerprint density at radius 1 is 1.14 bits per heavy atom. The van der Waals surface area contributed by atoms with Crippen molar-refractivity contribution in [3.63, 3.8) is 0 Å². The van der Waals surface area contributed by atoms with Gasteiger partial charge in [0.15, 0.2) is 0 Å². The molecule has 0 aliphatic heterocycles. The minimum atomic E-state index is 0.834. The summed E-state index contributed by atoms with van der Waals surface area (Å²) in [6, 6.07) is 0.834. The molecule has 0 amide bonds. The summed E-state index contributed by atoms with van der Waals surface area (Å²) >= 11 is 0. The molecule has 1 nitrogen and oxygen atoms in total. The Kier molecular flexibility index (Phi) is 3.48. The summed E-state index contributed by atoms with van der Waals surface area (Å²) in [6.07, 6.45) is 8.75. The summed E-state index contributed by atoms with van der Waals surface area (Å²) in [5.74, 6) is 3.09. The van der Waals surface area contributed by atoms with Crippen molar-refractivity contribution in [2.24, 2.45) is 17.8 Å². The molecular formula is C13H25N. The maximum Gasteiger partial charge on any atom is 0.00955 e. The lowest BCUT2D eigenvalue weighted by molar-refractivity contribution is 0.165. The first-order chi connectivity index (χ1) is 6.83. The molecule has 3 unspecified atom stereocenters. The van der Waals surface area contributed by atoms with Gasteiger partial charge in [0.25, 0.3) is 0 Å². The lowest BCUT2D eigenvalue weighted by Gasteiger charge is -2.35. The lowest BCUT2D eigenvalue weighted by atomic mass is 9.72. The summed E-state index contributed by atoms with van der Waals surface area (Å²) in [7, 11) is 0. The Labute approximate surface area is 88.7 Å². The van der Waals surface area contributed by atoms with Crippen LogP contribution < -0.4 is 5.32 Å². The van der Waals surface area contributed by atoms with Crippen LogP contribution in [0.5, 0.6) is 0 Å². The predicted molar refractivity (Wildman–Crippen MR) is 61.3 cm³/mol. The molecular weight excluding hydrogens is 170 g/mol. The monoisotopic (exact) mass is 195 g/mol. The predicted octanol–water partition coefficient (Wildman–Crippen LogP) is 3.20. The van der Waals surface area contributed by atoms with E-state index in [-0.39, 0.29) is 0 Å². The molecule has 0 radical (unpaired) electrons. The first kappa shape index (κ1) is 10.5. The Morgan fingerprint density at radius 2 is 1.93 bits per heavy atom. The zero-order valence-corrected chi connectivity index (χ0v) is 9.76. The Bertz CT molecular complexity index is 174. The smallest absolute Gasteiger partial charge is 0.00955 e. The maximum absolute atomic E-state index is 3.71. The van der Waals surface area contributed by atoms with Crippen molar-refractivity contribution < 1.29 is 0 Å². The highest BCUT2D eigenvalue weighted by Gasteiger charge is 2.38. The van der Waals surface area contributed by atoms with E-state index >= 15 is 0 Å². The summed E-state index contributed by atoms with van der Waals surface area (Å²) in [6.45, 7) is 5.95. The van der Waals surface area contributed by atoms with Crippen molar-refractivity contribution in [1.29, 1.82) is 0 Å². The van der Waals surface area contributed by atoms with Gasteiger partial charge in [0.1, 0.15) is 0 Å². The van der Waals surface area contributed by atoms with E-state index in [1.54, 1.807) is 0 Å². The van der Waals surface area contributed by atoms with Gasteiger partial charge in [-0.3, -0.25) is 0 Å². The van der Waals surface area contributed by atoms with Crippen molar-refractivity contribution in [3.05, 3.63) is 0 Å². The van der Waals surface area contributed by atoms with Crippen LogP contribution in [0.25, 0.3) is 0 Å². The number of nitrogens with one attached hydrogen (secondary N) is 1. The van der Waals surface area contributed by atoms with Crippen molar-refractivity contribution in [3.8, 4) is 0 Å². The second-order valence-corrected chi connectivity index (χ2v) is 5.35. The van der Waals surface area contributed by atoms with Gasteiger partial charge in [-0.1, -0.05) is 33.1 Å². The molecule has 0 spiro atoms. The van der Waals surface area contributed by atoms with Gasteiger partial charge in [-0.05, 0) is 43.6 Å². The molecule has 0 bridgehead atoms. The highest BCUT2D eigenvalue weighted by Crippen LogP contribution is 2.45. The Hall–Kier alpha value is -0.0400. The fraction of sp³-hybridized carbons (Fsp3) is 1.00. The zero-order chi connectivity index (χ0) is 9.97. The molecule has 0 saturated heterocycles. The summed E-state index contributed by atoms with van der Waals surface area (Å²) in [5.41, 5.74) is 0. The first-order valence-corrected chi connectivity index (χ1v) is 6.56. The van der Waals surface area contributed by atoms with E-state index in [0.29, 0.717) is 0 Å². The Balaban J connectivity index is 1.80. The molecule has 2 fully saturated rings. The van der Waals surface area contributed by atoms with Crippen LogP contribution >= 0.6 is 0 Å². The van der Waals surface area contributed by atoms with E-state index in [2.05, 4.69) is 19.2 Å². The van der Waals surface area contributed by atoms with Crippen molar-refractivity contribution in [2.45, 2.75) is 58.4 Å². The standard InChI is InChI=1S/C13H25N/c1-3-9-14-13-8-7-12(10(13)2)11-5-4-6-11/h10-14H,3-9H2,1-2H3. The van der Waals surface area contributed by atoms with Crippen LogP contribution in [0.3, 0.4) is 0 Å². The fourth-order valence-electron chi connectivity index (χ4n) is 3.35. The highest BCUT2D eigenvalue weighted by molar-refractivity contribution is 4.92. The molecule has 2 rings (SSSR count). The SMILES string of the molecule is CCCNC1CCC(C2CCC2)C1C. The van der Waals surface area contributed by atoms with E-state index in [1.165, 1.54) is 45.1 Å². The first-order valence-electron chi connectivity index (χ1n) is 6.56. The molecule has 0 aromatic rings. The van der Waals surface area contributed by atoms with Crippen LogP contribution in [0.2, 0.25) is 0 Å². The number of hydrogen-bond acceptors (Lipinski definition) is 1. The molecule has 2 aliphatic carbocycles. The van der Waals surface area contributed by atoms with Crippen LogP contribution in [0, 0.1) is 17.8 Å². The zero-order valence-electron chi connectivity index (χ0n) is 9.76. The van der Waals surface area contributed by atoms with Gasteiger partial charge < -0.3 is 5.32 Å². The molecule has 2 aliphatic rings. The van der Waals surface area contributed by atoms with E-state index in [0.717, 1.165) is 23.8 Å². The van der Waals surface area contributed by atoms with Crippen molar-refractivity contribution in [1.82, 2.24) is 5.32 Å². The molecule has 2 saturated carbocycles. The molecule has 0 aromatic heterocycles. The van der Waals surface area contributed by atoms with Gasteiger partial charge in [-0.2, -0.15) is 0 Å². The average Bonchev–Trinajstić information content (AvgIpc) is 2.43. The minimum Gasteiger partial charge on any atom is -0.314 e. The third-order valence-corrected chi connectivity index (χ3v) is 4.53. The molecule has 14 heavy (non-hydrogen) atoms. The van der Waals surface area contributed by atoms with Crippen LogP contribution in [-0.4, -0.2) is 12.6 Å². The van der Waals surface area contributed by atoms with Crippen LogP contribution in [0.4, 0.5) is 0 Å². The van der Waals surface area contributed by atoms with Gasteiger partial charge in [0, 0.05) is 6.04 Å². The van der Waals surface area contributed by atoms with E-state index in [9.17, 15) is 0 Å². The van der Waals surface area contributed by atoms with Gasteiger partial charge in [0.2, 0.25) is 0 Å².